The Bertz CT molecular complexity index is 824. The molecule has 0 aromatic heterocycles. The molecular formula is C27H42O5. The normalized spacial score (nSPS) is 43.8. The van der Waals surface area contributed by atoms with E-state index in [4.69, 9.17) is 0 Å². The van der Waals surface area contributed by atoms with E-state index in [2.05, 4.69) is 20.8 Å². The number of carbonyl (C=O) groups excluding carboxylic acids is 2. The van der Waals surface area contributed by atoms with Gasteiger partial charge in [0.15, 0.2) is 5.78 Å². The maximum atomic E-state index is 13.2. The highest BCUT2D eigenvalue weighted by atomic mass is 16.3. The highest BCUT2D eigenvalue weighted by Crippen LogP contribution is 2.68. The molecule has 0 spiro atoms. The van der Waals surface area contributed by atoms with Gasteiger partial charge in [-0.3, -0.25) is 9.59 Å². The van der Waals surface area contributed by atoms with Crippen LogP contribution >= 0.6 is 0 Å². The summed E-state index contributed by atoms with van der Waals surface area (Å²) in [5.41, 5.74) is -1.57. The van der Waals surface area contributed by atoms with Gasteiger partial charge in [-0.2, -0.15) is 0 Å². The molecule has 0 saturated heterocycles. The molecule has 0 aromatic carbocycles. The summed E-state index contributed by atoms with van der Waals surface area (Å²) >= 11 is 0. The van der Waals surface area contributed by atoms with E-state index in [1.165, 1.54) is 0 Å². The van der Waals surface area contributed by atoms with Gasteiger partial charge in [0, 0.05) is 24.2 Å². The lowest BCUT2D eigenvalue weighted by Gasteiger charge is -2.59. The zero-order valence-corrected chi connectivity index (χ0v) is 20.5. The smallest absolute Gasteiger partial charge is 0.159 e. The number of hydrogen-bond acceptors (Lipinski definition) is 5. The van der Waals surface area contributed by atoms with Gasteiger partial charge in [0.2, 0.25) is 0 Å². The Kier molecular flexibility index (Phi) is 5.83. The predicted molar refractivity (Wildman–Crippen MR) is 123 cm³/mol. The van der Waals surface area contributed by atoms with Gasteiger partial charge >= 0.3 is 0 Å². The van der Waals surface area contributed by atoms with Crippen molar-refractivity contribution in [1.29, 1.82) is 0 Å². The van der Waals surface area contributed by atoms with Crippen LogP contribution < -0.4 is 0 Å². The van der Waals surface area contributed by atoms with E-state index in [1.807, 2.05) is 0 Å². The third-order valence-corrected chi connectivity index (χ3v) is 10.3. The summed E-state index contributed by atoms with van der Waals surface area (Å²) in [7, 11) is 0. The zero-order valence-electron chi connectivity index (χ0n) is 20.5. The molecule has 0 aromatic rings. The summed E-state index contributed by atoms with van der Waals surface area (Å²) in [4.78, 5) is 25.3. The molecule has 3 fully saturated rings. The first kappa shape index (κ1) is 24.1. The SMILES string of the molecule is C[C@@H](C1CC[C@@]2(O)C3=CC(=O)[C@@H]4CC(=O)CC[C@]4(C)C3CC[C@]12C)[C@H](O)CCC(C)(C)O. The predicted octanol–water partition coefficient (Wildman–Crippen LogP) is 3.98. The molecule has 5 nitrogen and oxygen atoms in total. The lowest BCUT2D eigenvalue weighted by Crippen LogP contribution is -2.59. The standard InChI is InChI=1S/C27H42O5/c1-16(22(29)9-10-24(2,3)31)18-8-13-27(32)20-15-23(30)21-14-17(28)6-11-25(21,4)19(20)7-12-26(18,27)5/h15-16,18-19,21-22,29,31-32H,6-14H2,1-5H3/t16-,18?,19?,21-,22+,25+,26+,27+/m0/s1. The first-order valence-corrected chi connectivity index (χ1v) is 12.6. The lowest BCUT2D eigenvalue weighted by molar-refractivity contribution is -0.145. The number of fused-ring (bicyclic) bond motifs is 5. The summed E-state index contributed by atoms with van der Waals surface area (Å²) in [6.07, 6.45) is 7.08. The minimum atomic E-state index is -1.03. The molecule has 3 saturated carbocycles. The van der Waals surface area contributed by atoms with E-state index in [0.29, 0.717) is 32.1 Å². The molecule has 2 unspecified atom stereocenters. The Morgan fingerprint density at radius 1 is 1.12 bits per heavy atom. The Morgan fingerprint density at radius 2 is 1.81 bits per heavy atom. The van der Waals surface area contributed by atoms with Crippen LogP contribution in [0.15, 0.2) is 11.6 Å². The topological polar surface area (TPSA) is 94.8 Å². The first-order valence-electron chi connectivity index (χ1n) is 12.6. The highest BCUT2D eigenvalue weighted by Gasteiger charge is 2.66. The molecular weight excluding hydrogens is 404 g/mol. The van der Waals surface area contributed by atoms with Crippen LogP contribution in [0.2, 0.25) is 0 Å². The summed E-state index contributed by atoms with van der Waals surface area (Å²) in [5, 5.41) is 33.2. The van der Waals surface area contributed by atoms with Crippen molar-refractivity contribution < 1.29 is 24.9 Å². The summed E-state index contributed by atoms with van der Waals surface area (Å²) in [5.74, 6) is 0.261. The van der Waals surface area contributed by atoms with E-state index in [-0.39, 0.29) is 40.7 Å². The highest BCUT2D eigenvalue weighted by molar-refractivity contribution is 5.98. The first-order chi connectivity index (χ1) is 14.7. The van der Waals surface area contributed by atoms with Gasteiger partial charge in [-0.15, -0.1) is 0 Å². The third kappa shape index (κ3) is 3.54. The molecule has 8 atom stereocenters. The fourth-order valence-electron chi connectivity index (χ4n) is 8.05. The average molecular weight is 447 g/mol. The number of carbonyl (C=O) groups is 2. The average Bonchev–Trinajstić information content (AvgIpc) is 2.98. The molecule has 0 heterocycles. The molecule has 0 aliphatic heterocycles. The van der Waals surface area contributed by atoms with Crippen LogP contribution in [0.1, 0.15) is 92.4 Å². The van der Waals surface area contributed by atoms with Gasteiger partial charge in [0.1, 0.15) is 5.78 Å². The Balaban J connectivity index is 1.62. The molecule has 32 heavy (non-hydrogen) atoms. The fraction of sp³-hybridized carbons (Fsp3) is 0.852. The maximum Gasteiger partial charge on any atom is 0.159 e. The van der Waals surface area contributed by atoms with E-state index in [9.17, 15) is 24.9 Å². The van der Waals surface area contributed by atoms with Gasteiger partial charge in [0.25, 0.3) is 0 Å². The van der Waals surface area contributed by atoms with Crippen molar-refractivity contribution in [3.8, 4) is 0 Å². The zero-order chi connectivity index (χ0) is 23.7. The Morgan fingerprint density at radius 3 is 2.47 bits per heavy atom. The Labute approximate surface area is 192 Å². The molecule has 180 valence electrons. The van der Waals surface area contributed by atoms with Crippen molar-refractivity contribution in [3.05, 3.63) is 11.6 Å². The monoisotopic (exact) mass is 446 g/mol. The summed E-state index contributed by atoms with van der Waals surface area (Å²) in [6.45, 7) is 9.93. The number of Topliss-reactive ketones (excluding diaryl/α,β-unsaturated/α-hetero) is 1. The summed E-state index contributed by atoms with van der Waals surface area (Å²) < 4.78 is 0. The van der Waals surface area contributed by atoms with Gasteiger partial charge < -0.3 is 15.3 Å². The van der Waals surface area contributed by atoms with Crippen molar-refractivity contribution in [2.75, 3.05) is 0 Å². The molecule has 4 aliphatic carbocycles. The van der Waals surface area contributed by atoms with Gasteiger partial charge in [-0.25, -0.2) is 0 Å². The maximum absolute atomic E-state index is 13.2. The molecule has 5 heteroatoms. The van der Waals surface area contributed by atoms with Gasteiger partial charge in [-0.1, -0.05) is 20.8 Å². The number of ketones is 2. The van der Waals surface area contributed by atoms with E-state index in [1.54, 1.807) is 19.9 Å². The summed E-state index contributed by atoms with van der Waals surface area (Å²) in [6, 6.07) is 0. The number of allylic oxidation sites excluding steroid dienone is 1. The Hall–Kier alpha value is -1.04. The van der Waals surface area contributed by atoms with Crippen LogP contribution in [0.3, 0.4) is 0 Å². The van der Waals surface area contributed by atoms with Gasteiger partial charge in [0.05, 0.1) is 17.3 Å². The van der Waals surface area contributed by atoms with Crippen LogP contribution in [0.4, 0.5) is 0 Å². The number of aliphatic hydroxyl groups excluding tert-OH is 1. The van der Waals surface area contributed by atoms with Crippen LogP contribution in [0.5, 0.6) is 0 Å². The van der Waals surface area contributed by atoms with Crippen molar-refractivity contribution in [3.63, 3.8) is 0 Å². The van der Waals surface area contributed by atoms with E-state index >= 15 is 0 Å². The number of rotatable bonds is 5. The van der Waals surface area contributed by atoms with Crippen molar-refractivity contribution >= 4 is 11.6 Å². The minimum absolute atomic E-state index is 0.00320. The van der Waals surface area contributed by atoms with Crippen LogP contribution in [-0.4, -0.2) is 44.2 Å². The van der Waals surface area contributed by atoms with E-state index in [0.717, 1.165) is 31.3 Å². The molecule has 0 bridgehead atoms. The molecule has 0 radical (unpaired) electrons. The second-order valence-corrected chi connectivity index (χ2v) is 12.6. The second-order valence-electron chi connectivity index (χ2n) is 12.6. The fourth-order valence-corrected chi connectivity index (χ4v) is 8.05. The van der Waals surface area contributed by atoms with Crippen LogP contribution in [0.25, 0.3) is 0 Å². The molecule has 4 aliphatic rings. The third-order valence-electron chi connectivity index (χ3n) is 10.3. The molecule has 0 amide bonds. The molecule has 3 N–H and O–H groups in total. The quantitative estimate of drug-likeness (QED) is 0.594. The minimum Gasteiger partial charge on any atom is -0.393 e. The van der Waals surface area contributed by atoms with Crippen LogP contribution in [0, 0.1) is 34.5 Å². The van der Waals surface area contributed by atoms with Crippen molar-refractivity contribution in [2.24, 2.45) is 34.5 Å². The lowest BCUT2D eigenvalue weighted by atomic mass is 9.46. The number of hydrogen-bond donors (Lipinski definition) is 3. The largest absolute Gasteiger partial charge is 0.393 e. The second kappa shape index (κ2) is 7.74. The van der Waals surface area contributed by atoms with Gasteiger partial charge in [-0.05, 0) is 93.6 Å². The van der Waals surface area contributed by atoms with Crippen LogP contribution in [-0.2, 0) is 9.59 Å². The number of aliphatic hydroxyl groups is 3. The van der Waals surface area contributed by atoms with E-state index < -0.39 is 22.7 Å². The van der Waals surface area contributed by atoms with Crippen molar-refractivity contribution in [1.82, 2.24) is 0 Å². The van der Waals surface area contributed by atoms with Crippen molar-refractivity contribution in [2.45, 2.75) is 110 Å². The molecule has 4 rings (SSSR count).